The Balaban J connectivity index is 3.11. The number of aromatic amines is 1. The van der Waals surface area contributed by atoms with Crippen LogP contribution in [-0.4, -0.2) is 21.7 Å². The smallest absolute Gasteiger partial charge is 0.300 e. The summed E-state index contributed by atoms with van der Waals surface area (Å²) in [7, 11) is 0. The molecule has 0 aliphatic heterocycles. The Morgan fingerprint density at radius 2 is 2.21 bits per heavy atom. The van der Waals surface area contributed by atoms with Gasteiger partial charge in [-0.05, 0) is 6.42 Å². The zero-order valence-corrected chi connectivity index (χ0v) is 8.08. The number of carbonyl (C=O) groups excluding carboxylic acids is 1. The number of nitrogens with zero attached hydrogens (tertiary/aromatic N) is 1. The molecule has 0 unspecified atom stereocenters. The molecule has 0 radical (unpaired) electrons. The number of H-pyrrole nitrogens is 1. The van der Waals surface area contributed by atoms with E-state index < -0.39 is 11.2 Å². The molecule has 0 atom stereocenters. The quantitative estimate of drug-likeness (QED) is 0.568. The molecule has 0 amide bonds. The fourth-order valence-corrected chi connectivity index (χ4v) is 1.13. The lowest BCUT2D eigenvalue weighted by molar-refractivity contribution is 0.112. The lowest BCUT2D eigenvalue weighted by Gasteiger charge is -2.02. The molecule has 1 N–H and O–H groups in total. The molecular formula is C8H9ClN2O3. The van der Waals surface area contributed by atoms with Crippen molar-refractivity contribution in [2.45, 2.75) is 13.0 Å². The fraction of sp³-hybridized carbons (Fsp3) is 0.375. The minimum atomic E-state index is -0.660. The summed E-state index contributed by atoms with van der Waals surface area (Å²) >= 11 is 5.45. The molecular weight excluding hydrogens is 208 g/mol. The van der Waals surface area contributed by atoms with Gasteiger partial charge in [0.2, 0.25) is 0 Å². The van der Waals surface area contributed by atoms with Crippen molar-refractivity contribution >= 4 is 17.9 Å². The van der Waals surface area contributed by atoms with E-state index in [4.69, 9.17) is 11.6 Å². The van der Waals surface area contributed by atoms with E-state index in [9.17, 15) is 14.4 Å². The second-order valence-electron chi connectivity index (χ2n) is 2.70. The predicted octanol–water partition coefficient (Wildman–Crippen LogP) is -0.0220. The SMILES string of the molecule is O=Cc1cn(CCCCl)c(=O)[nH]c1=O. The number of carbonyl (C=O) groups is 1. The van der Waals surface area contributed by atoms with Gasteiger partial charge in [0.05, 0.1) is 5.56 Å². The van der Waals surface area contributed by atoms with Crippen molar-refractivity contribution in [1.29, 1.82) is 0 Å². The lowest BCUT2D eigenvalue weighted by atomic mass is 10.3. The Kier molecular flexibility index (Phi) is 3.64. The molecule has 1 rings (SSSR count). The van der Waals surface area contributed by atoms with Crippen LogP contribution in [0.3, 0.4) is 0 Å². The predicted molar refractivity (Wildman–Crippen MR) is 52.0 cm³/mol. The highest BCUT2D eigenvalue weighted by molar-refractivity contribution is 6.17. The largest absolute Gasteiger partial charge is 0.328 e. The number of halogens is 1. The highest BCUT2D eigenvalue weighted by atomic mass is 35.5. The molecule has 0 bridgehead atoms. The van der Waals surface area contributed by atoms with E-state index >= 15 is 0 Å². The first kappa shape index (κ1) is 10.7. The van der Waals surface area contributed by atoms with E-state index in [0.717, 1.165) is 0 Å². The van der Waals surface area contributed by atoms with Crippen molar-refractivity contribution in [2.24, 2.45) is 0 Å². The first-order chi connectivity index (χ1) is 6.69. The maximum atomic E-state index is 11.2. The normalized spacial score (nSPS) is 10.1. The Morgan fingerprint density at radius 3 is 2.79 bits per heavy atom. The van der Waals surface area contributed by atoms with Gasteiger partial charge >= 0.3 is 5.69 Å². The molecule has 0 aromatic carbocycles. The van der Waals surface area contributed by atoms with Crippen molar-refractivity contribution < 1.29 is 4.79 Å². The average molecular weight is 217 g/mol. The van der Waals surface area contributed by atoms with E-state index in [2.05, 4.69) is 0 Å². The van der Waals surface area contributed by atoms with E-state index in [-0.39, 0.29) is 5.56 Å². The van der Waals surface area contributed by atoms with Crippen LogP contribution in [0.2, 0.25) is 0 Å². The number of nitrogens with one attached hydrogen (secondary N) is 1. The van der Waals surface area contributed by atoms with Crippen LogP contribution in [0.15, 0.2) is 15.8 Å². The van der Waals surface area contributed by atoms with E-state index in [1.165, 1.54) is 10.8 Å². The van der Waals surface area contributed by atoms with Crippen LogP contribution in [0.1, 0.15) is 16.8 Å². The average Bonchev–Trinajstić information content (AvgIpc) is 2.17. The highest BCUT2D eigenvalue weighted by Gasteiger charge is 2.02. The third-order valence-electron chi connectivity index (χ3n) is 1.70. The monoisotopic (exact) mass is 216 g/mol. The molecule has 0 saturated heterocycles. The first-order valence-electron chi connectivity index (χ1n) is 4.04. The number of hydrogen-bond acceptors (Lipinski definition) is 3. The van der Waals surface area contributed by atoms with Gasteiger partial charge in [0.25, 0.3) is 5.56 Å². The first-order valence-corrected chi connectivity index (χ1v) is 4.57. The van der Waals surface area contributed by atoms with Gasteiger partial charge in [-0.2, -0.15) is 0 Å². The van der Waals surface area contributed by atoms with Crippen molar-refractivity contribution in [3.63, 3.8) is 0 Å². The number of aromatic nitrogens is 2. The lowest BCUT2D eigenvalue weighted by Crippen LogP contribution is -2.31. The van der Waals surface area contributed by atoms with Crippen LogP contribution in [0.25, 0.3) is 0 Å². The molecule has 1 aromatic rings. The summed E-state index contributed by atoms with van der Waals surface area (Å²) in [4.78, 5) is 34.6. The van der Waals surface area contributed by atoms with Crippen LogP contribution in [0.4, 0.5) is 0 Å². The van der Waals surface area contributed by atoms with Crippen LogP contribution in [0.5, 0.6) is 0 Å². The van der Waals surface area contributed by atoms with E-state index in [0.29, 0.717) is 25.1 Å². The van der Waals surface area contributed by atoms with Crippen molar-refractivity contribution in [1.82, 2.24) is 9.55 Å². The number of alkyl halides is 1. The molecule has 0 saturated carbocycles. The Labute approximate surface area is 84.3 Å². The molecule has 6 heteroatoms. The molecule has 0 aliphatic carbocycles. The van der Waals surface area contributed by atoms with Crippen LogP contribution in [-0.2, 0) is 6.54 Å². The standard InChI is InChI=1S/C8H9ClN2O3/c9-2-1-3-11-4-6(5-12)7(13)10-8(11)14/h4-5H,1-3H2,(H,10,13,14). The fourth-order valence-electron chi connectivity index (χ4n) is 1.01. The van der Waals surface area contributed by atoms with Gasteiger partial charge in [-0.15, -0.1) is 11.6 Å². The number of aryl methyl sites for hydroxylation is 1. The van der Waals surface area contributed by atoms with Gasteiger partial charge < -0.3 is 0 Å². The van der Waals surface area contributed by atoms with Gasteiger partial charge in [0, 0.05) is 18.6 Å². The van der Waals surface area contributed by atoms with E-state index in [1.54, 1.807) is 0 Å². The highest BCUT2D eigenvalue weighted by Crippen LogP contribution is 1.89. The molecule has 1 heterocycles. The number of aldehydes is 1. The second-order valence-corrected chi connectivity index (χ2v) is 3.08. The summed E-state index contributed by atoms with van der Waals surface area (Å²) in [6, 6.07) is 0. The van der Waals surface area contributed by atoms with Gasteiger partial charge in [-0.1, -0.05) is 0 Å². The zero-order chi connectivity index (χ0) is 10.6. The molecule has 14 heavy (non-hydrogen) atoms. The number of hydrogen-bond donors (Lipinski definition) is 1. The van der Waals surface area contributed by atoms with Crippen molar-refractivity contribution in [3.05, 3.63) is 32.6 Å². The van der Waals surface area contributed by atoms with E-state index in [1.807, 2.05) is 4.98 Å². The Morgan fingerprint density at radius 1 is 1.50 bits per heavy atom. The maximum absolute atomic E-state index is 11.2. The molecule has 5 nitrogen and oxygen atoms in total. The van der Waals surface area contributed by atoms with Crippen LogP contribution < -0.4 is 11.2 Å². The second kappa shape index (κ2) is 4.76. The van der Waals surface area contributed by atoms with Gasteiger partial charge in [-0.3, -0.25) is 19.1 Å². The summed E-state index contributed by atoms with van der Waals surface area (Å²) in [5, 5.41) is 0. The minimum Gasteiger partial charge on any atom is -0.300 e. The molecule has 0 fully saturated rings. The Bertz CT molecular complexity index is 435. The molecule has 0 spiro atoms. The number of rotatable bonds is 4. The van der Waals surface area contributed by atoms with Crippen molar-refractivity contribution in [2.75, 3.05) is 5.88 Å². The topological polar surface area (TPSA) is 71.9 Å². The van der Waals surface area contributed by atoms with Crippen LogP contribution >= 0.6 is 11.6 Å². The van der Waals surface area contributed by atoms with Crippen LogP contribution in [0, 0.1) is 0 Å². The third-order valence-corrected chi connectivity index (χ3v) is 1.97. The third kappa shape index (κ3) is 2.32. The maximum Gasteiger partial charge on any atom is 0.328 e. The summed E-state index contributed by atoms with van der Waals surface area (Å²) in [5.74, 6) is 0.419. The van der Waals surface area contributed by atoms with Gasteiger partial charge in [0.15, 0.2) is 6.29 Å². The molecule has 0 aliphatic rings. The summed E-state index contributed by atoms with van der Waals surface area (Å²) in [5.41, 5.74) is -1.24. The summed E-state index contributed by atoms with van der Waals surface area (Å²) in [6.07, 6.45) is 2.25. The Hall–Kier alpha value is -1.36. The van der Waals surface area contributed by atoms with Gasteiger partial charge in [0.1, 0.15) is 0 Å². The van der Waals surface area contributed by atoms with Crippen molar-refractivity contribution in [3.8, 4) is 0 Å². The summed E-state index contributed by atoms with van der Waals surface area (Å²) < 4.78 is 1.26. The van der Waals surface area contributed by atoms with Gasteiger partial charge in [-0.25, -0.2) is 4.79 Å². The minimum absolute atomic E-state index is 0.0563. The zero-order valence-electron chi connectivity index (χ0n) is 7.33. The summed E-state index contributed by atoms with van der Waals surface area (Å²) in [6.45, 7) is 0.389. The molecule has 1 aromatic heterocycles. The molecule has 76 valence electrons.